The van der Waals surface area contributed by atoms with Gasteiger partial charge in [0.2, 0.25) is 5.95 Å². The van der Waals surface area contributed by atoms with E-state index in [0.717, 1.165) is 36.7 Å². The molecule has 0 bridgehead atoms. The minimum atomic E-state index is 0.601. The summed E-state index contributed by atoms with van der Waals surface area (Å²) in [5.74, 6) is 0.806. The minimum Gasteiger partial charge on any atom is -0.341 e. The Morgan fingerprint density at radius 2 is 1.93 bits per heavy atom. The van der Waals surface area contributed by atoms with Gasteiger partial charge in [0.25, 0.3) is 0 Å². The Morgan fingerprint density at radius 1 is 1.27 bits per heavy atom. The lowest BCUT2D eigenvalue weighted by Crippen LogP contribution is -2.21. The molecule has 1 aliphatic heterocycles. The highest BCUT2D eigenvalue weighted by Gasteiger charge is 2.17. The largest absolute Gasteiger partial charge is 0.341 e. The second-order valence-corrected chi connectivity index (χ2v) is 4.29. The Labute approximate surface area is 95.5 Å². The van der Waals surface area contributed by atoms with Crippen molar-refractivity contribution >= 4 is 17.5 Å². The number of halogens is 1. The van der Waals surface area contributed by atoms with Crippen molar-refractivity contribution in [2.45, 2.75) is 33.1 Å². The maximum Gasteiger partial charge on any atom is 0.227 e. The molecule has 0 saturated carbocycles. The van der Waals surface area contributed by atoms with Crippen molar-refractivity contribution in [2.75, 3.05) is 18.0 Å². The zero-order valence-electron chi connectivity index (χ0n) is 9.26. The molecule has 0 spiro atoms. The molecule has 0 amide bonds. The fourth-order valence-electron chi connectivity index (χ4n) is 1.92. The number of aromatic nitrogens is 2. The molecule has 4 heteroatoms. The lowest BCUT2D eigenvalue weighted by atomic mass is 10.2. The van der Waals surface area contributed by atoms with Crippen molar-refractivity contribution in [3.63, 3.8) is 0 Å². The van der Waals surface area contributed by atoms with Gasteiger partial charge in [0.15, 0.2) is 0 Å². The van der Waals surface area contributed by atoms with Gasteiger partial charge in [0, 0.05) is 18.7 Å². The van der Waals surface area contributed by atoms with E-state index in [1.807, 2.05) is 6.92 Å². The quantitative estimate of drug-likeness (QED) is 0.725. The number of rotatable bonds is 2. The smallest absolute Gasteiger partial charge is 0.227 e. The van der Waals surface area contributed by atoms with Gasteiger partial charge in [-0.2, -0.15) is 0 Å². The summed E-state index contributed by atoms with van der Waals surface area (Å²) in [6.45, 7) is 6.19. The molecule has 1 aromatic rings. The SMILES string of the molecule is CCc1nc(N2CCCC2)nc(Cl)c1C. The lowest BCUT2D eigenvalue weighted by Gasteiger charge is -2.17. The Kier molecular flexibility index (Phi) is 3.10. The van der Waals surface area contributed by atoms with Crippen LogP contribution in [0.25, 0.3) is 0 Å². The van der Waals surface area contributed by atoms with E-state index in [4.69, 9.17) is 11.6 Å². The van der Waals surface area contributed by atoms with Crippen LogP contribution < -0.4 is 4.90 Å². The van der Waals surface area contributed by atoms with E-state index in [2.05, 4.69) is 21.8 Å². The zero-order chi connectivity index (χ0) is 10.8. The molecule has 2 heterocycles. The van der Waals surface area contributed by atoms with Crippen LogP contribution in [0.15, 0.2) is 0 Å². The average molecular weight is 226 g/mol. The number of anilines is 1. The van der Waals surface area contributed by atoms with E-state index in [-0.39, 0.29) is 0 Å². The van der Waals surface area contributed by atoms with Gasteiger partial charge in [-0.3, -0.25) is 0 Å². The van der Waals surface area contributed by atoms with Gasteiger partial charge in [0.1, 0.15) is 5.15 Å². The topological polar surface area (TPSA) is 29.0 Å². The zero-order valence-corrected chi connectivity index (χ0v) is 10.0. The molecule has 2 rings (SSSR count). The summed E-state index contributed by atoms with van der Waals surface area (Å²) in [6.07, 6.45) is 3.38. The van der Waals surface area contributed by atoms with E-state index in [1.165, 1.54) is 12.8 Å². The summed E-state index contributed by atoms with van der Waals surface area (Å²) >= 11 is 6.10. The first-order chi connectivity index (χ1) is 7.22. The normalized spacial score (nSPS) is 16.1. The van der Waals surface area contributed by atoms with Crippen LogP contribution in [0.5, 0.6) is 0 Å². The van der Waals surface area contributed by atoms with Gasteiger partial charge in [-0.15, -0.1) is 0 Å². The van der Waals surface area contributed by atoms with Crippen LogP contribution >= 0.6 is 11.6 Å². The fraction of sp³-hybridized carbons (Fsp3) is 0.636. The molecule has 0 unspecified atom stereocenters. The van der Waals surface area contributed by atoms with Gasteiger partial charge >= 0.3 is 0 Å². The van der Waals surface area contributed by atoms with Gasteiger partial charge < -0.3 is 4.90 Å². The van der Waals surface area contributed by atoms with Gasteiger partial charge in [-0.05, 0) is 26.2 Å². The molecule has 82 valence electrons. The number of nitrogens with zero attached hydrogens (tertiary/aromatic N) is 3. The van der Waals surface area contributed by atoms with Crippen LogP contribution in [-0.2, 0) is 6.42 Å². The highest BCUT2D eigenvalue weighted by molar-refractivity contribution is 6.30. The number of hydrogen-bond donors (Lipinski definition) is 0. The molecule has 0 N–H and O–H groups in total. The standard InChI is InChI=1S/C11H16ClN3/c1-3-9-8(2)10(12)14-11(13-9)15-6-4-5-7-15/h3-7H2,1-2H3. The molecule has 0 aliphatic carbocycles. The molecule has 1 aromatic heterocycles. The van der Waals surface area contributed by atoms with Crippen molar-refractivity contribution in [1.29, 1.82) is 0 Å². The number of aryl methyl sites for hydroxylation is 1. The van der Waals surface area contributed by atoms with E-state index in [1.54, 1.807) is 0 Å². The van der Waals surface area contributed by atoms with Crippen molar-refractivity contribution in [3.05, 3.63) is 16.4 Å². The van der Waals surface area contributed by atoms with Crippen molar-refractivity contribution in [2.24, 2.45) is 0 Å². The molecule has 1 saturated heterocycles. The highest BCUT2D eigenvalue weighted by Crippen LogP contribution is 2.22. The monoisotopic (exact) mass is 225 g/mol. The molecule has 0 atom stereocenters. The first kappa shape index (κ1) is 10.7. The second kappa shape index (κ2) is 4.35. The maximum atomic E-state index is 6.10. The third kappa shape index (κ3) is 2.07. The van der Waals surface area contributed by atoms with Crippen molar-refractivity contribution in [3.8, 4) is 0 Å². The van der Waals surface area contributed by atoms with Crippen molar-refractivity contribution < 1.29 is 0 Å². The Bertz CT molecular complexity index is 359. The molecular formula is C11H16ClN3. The predicted octanol–water partition coefficient (Wildman–Crippen LogP) is 2.60. The van der Waals surface area contributed by atoms with Crippen LogP contribution in [0.4, 0.5) is 5.95 Å². The Hall–Kier alpha value is -0.830. The third-order valence-electron chi connectivity index (χ3n) is 2.90. The number of hydrogen-bond acceptors (Lipinski definition) is 3. The minimum absolute atomic E-state index is 0.601. The summed E-state index contributed by atoms with van der Waals surface area (Å²) < 4.78 is 0. The highest BCUT2D eigenvalue weighted by atomic mass is 35.5. The Balaban J connectivity index is 2.35. The summed E-state index contributed by atoms with van der Waals surface area (Å²) in [4.78, 5) is 11.1. The summed E-state index contributed by atoms with van der Waals surface area (Å²) in [5.41, 5.74) is 2.08. The first-order valence-electron chi connectivity index (χ1n) is 5.50. The van der Waals surface area contributed by atoms with E-state index >= 15 is 0 Å². The molecule has 3 nitrogen and oxygen atoms in total. The van der Waals surface area contributed by atoms with Gasteiger partial charge in [-0.1, -0.05) is 18.5 Å². The van der Waals surface area contributed by atoms with E-state index in [9.17, 15) is 0 Å². The fourth-order valence-corrected chi connectivity index (χ4v) is 2.11. The Morgan fingerprint density at radius 3 is 2.53 bits per heavy atom. The van der Waals surface area contributed by atoms with Gasteiger partial charge in [0.05, 0.1) is 5.69 Å². The second-order valence-electron chi connectivity index (χ2n) is 3.93. The predicted molar refractivity (Wildman–Crippen MR) is 62.6 cm³/mol. The van der Waals surface area contributed by atoms with Crippen LogP contribution in [-0.4, -0.2) is 23.1 Å². The summed E-state index contributed by atoms with van der Waals surface area (Å²) in [7, 11) is 0. The van der Waals surface area contributed by atoms with Crippen LogP contribution in [0.2, 0.25) is 5.15 Å². The molecule has 0 radical (unpaired) electrons. The van der Waals surface area contributed by atoms with Crippen molar-refractivity contribution in [1.82, 2.24) is 9.97 Å². The summed E-state index contributed by atoms with van der Waals surface area (Å²) in [5, 5.41) is 0.601. The lowest BCUT2D eigenvalue weighted by molar-refractivity contribution is 0.866. The third-order valence-corrected chi connectivity index (χ3v) is 3.27. The van der Waals surface area contributed by atoms with E-state index < -0.39 is 0 Å². The maximum absolute atomic E-state index is 6.10. The first-order valence-corrected chi connectivity index (χ1v) is 5.88. The molecular weight excluding hydrogens is 210 g/mol. The van der Waals surface area contributed by atoms with E-state index in [0.29, 0.717) is 5.15 Å². The average Bonchev–Trinajstić information content (AvgIpc) is 2.75. The molecule has 1 fully saturated rings. The molecule has 15 heavy (non-hydrogen) atoms. The molecule has 0 aromatic carbocycles. The van der Waals surface area contributed by atoms with Crippen LogP contribution in [0, 0.1) is 6.92 Å². The van der Waals surface area contributed by atoms with Crippen LogP contribution in [0.1, 0.15) is 31.0 Å². The summed E-state index contributed by atoms with van der Waals surface area (Å²) in [6, 6.07) is 0. The van der Waals surface area contributed by atoms with Crippen LogP contribution in [0.3, 0.4) is 0 Å². The molecule has 1 aliphatic rings. The van der Waals surface area contributed by atoms with Gasteiger partial charge in [-0.25, -0.2) is 9.97 Å².